The molecule has 0 bridgehead atoms. The Morgan fingerprint density at radius 3 is 2.46 bits per heavy atom. The van der Waals surface area contributed by atoms with Crippen LogP contribution in [0.3, 0.4) is 0 Å². The van der Waals surface area contributed by atoms with Gasteiger partial charge in [-0.15, -0.1) is 0 Å². The lowest BCUT2D eigenvalue weighted by Crippen LogP contribution is -2.14. The molecule has 5 nitrogen and oxygen atoms in total. The monoisotopic (exact) mass is 378 g/mol. The third-order valence-electron chi connectivity index (χ3n) is 4.93. The van der Waals surface area contributed by atoms with E-state index in [9.17, 15) is 4.79 Å². The Labute approximate surface area is 165 Å². The molecular weight excluding hydrogens is 352 g/mol. The molecule has 1 aromatic carbocycles. The molecule has 0 saturated carbocycles. The van der Waals surface area contributed by atoms with E-state index in [1.165, 1.54) is 7.11 Å². The van der Waals surface area contributed by atoms with Crippen LogP contribution in [-0.2, 0) is 11.2 Å². The number of ether oxygens (including phenoxy) is 2. The molecule has 0 unspecified atom stereocenters. The summed E-state index contributed by atoms with van der Waals surface area (Å²) >= 11 is 0. The van der Waals surface area contributed by atoms with Gasteiger partial charge >= 0.3 is 6.16 Å². The van der Waals surface area contributed by atoms with Crippen LogP contribution in [0.25, 0.3) is 10.9 Å². The molecule has 3 rings (SSSR count). The third kappa shape index (κ3) is 3.98. The summed E-state index contributed by atoms with van der Waals surface area (Å²) in [5.41, 5.74) is 6.56. The molecule has 5 heteroatoms. The Morgan fingerprint density at radius 2 is 1.79 bits per heavy atom. The second kappa shape index (κ2) is 7.97. The van der Waals surface area contributed by atoms with Crippen LogP contribution in [0, 0.1) is 20.8 Å². The van der Waals surface area contributed by atoms with Gasteiger partial charge in [0.05, 0.1) is 18.3 Å². The highest BCUT2D eigenvalue weighted by Gasteiger charge is 2.21. The van der Waals surface area contributed by atoms with E-state index < -0.39 is 6.16 Å². The number of nitrogens with zero attached hydrogens (tertiary/aromatic N) is 2. The predicted octanol–water partition coefficient (Wildman–Crippen LogP) is 5.41. The lowest BCUT2D eigenvalue weighted by Gasteiger charge is -2.20. The van der Waals surface area contributed by atoms with Crippen molar-refractivity contribution in [3.8, 4) is 5.75 Å². The lowest BCUT2D eigenvalue weighted by atomic mass is 9.94. The summed E-state index contributed by atoms with van der Waals surface area (Å²) in [6.45, 7) is 10.0. The van der Waals surface area contributed by atoms with Gasteiger partial charge in [0.15, 0.2) is 0 Å². The smallest absolute Gasteiger partial charge is 0.437 e. The van der Waals surface area contributed by atoms with Crippen molar-refractivity contribution >= 4 is 17.1 Å². The Kier molecular flexibility index (Phi) is 5.63. The molecule has 0 atom stereocenters. The van der Waals surface area contributed by atoms with E-state index in [1.54, 1.807) is 0 Å². The average Bonchev–Trinajstić information content (AvgIpc) is 2.66. The second-order valence-corrected chi connectivity index (χ2v) is 7.38. The summed E-state index contributed by atoms with van der Waals surface area (Å²) in [5, 5.41) is 1.10. The van der Waals surface area contributed by atoms with Gasteiger partial charge in [-0.2, -0.15) is 0 Å². The molecule has 3 aromatic rings. The Morgan fingerprint density at radius 1 is 1.07 bits per heavy atom. The van der Waals surface area contributed by atoms with Gasteiger partial charge in [0.1, 0.15) is 5.75 Å². The van der Waals surface area contributed by atoms with Gasteiger partial charge in [-0.05, 0) is 44.4 Å². The minimum atomic E-state index is -0.722. The van der Waals surface area contributed by atoms with E-state index in [2.05, 4.69) is 43.1 Å². The van der Waals surface area contributed by atoms with Crippen LogP contribution in [-0.4, -0.2) is 23.2 Å². The summed E-state index contributed by atoms with van der Waals surface area (Å²) in [5.74, 6) is 0.732. The van der Waals surface area contributed by atoms with E-state index in [4.69, 9.17) is 14.5 Å². The molecule has 0 radical (unpaired) electrons. The summed E-state index contributed by atoms with van der Waals surface area (Å²) in [6, 6.07) is 10.3. The van der Waals surface area contributed by atoms with Gasteiger partial charge in [-0.25, -0.2) is 4.79 Å². The van der Waals surface area contributed by atoms with Crippen LogP contribution in [0.4, 0.5) is 4.79 Å². The molecule has 0 saturated heterocycles. The highest BCUT2D eigenvalue weighted by atomic mass is 16.7. The quantitative estimate of drug-likeness (QED) is 0.568. The van der Waals surface area contributed by atoms with Gasteiger partial charge in [-0.3, -0.25) is 9.97 Å². The van der Waals surface area contributed by atoms with Crippen molar-refractivity contribution in [2.75, 3.05) is 7.11 Å². The first-order valence-corrected chi connectivity index (χ1v) is 9.42. The van der Waals surface area contributed by atoms with Gasteiger partial charge in [-0.1, -0.05) is 32.0 Å². The van der Waals surface area contributed by atoms with Crippen LogP contribution in [0.1, 0.15) is 53.5 Å². The molecule has 0 amide bonds. The first-order chi connectivity index (χ1) is 13.3. The van der Waals surface area contributed by atoms with Crippen molar-refractivity contribution in [3.63, 3.8) is 0 Å². The highest BCUT2D eigenvalue weighted by Crippen LogP contribution is 2.34. The molecule has 0 fully saturated rings. The zero-order valence-corrected chi connectivity index (χ0v) is 17.3. The standard InChI is InChI=1S/C23H26N2O3/c1-13(2)21-19(22(28-23(26)27-6)15(4)16(5)25-21)11-17-8-10-18-9-7-14(3)24-20(18)12-17/h7-10,12-13H,11H2,1-6H3. The number of rotatable bonds is 4. The number of fused-ring (bicyclic) bond motifs is 1. The van der Waals surface area contributed by atoms with Gasteiger partial charge < -0.3 is 9.47 Å². The van der Waals surface area contributed by atoms with Crippen LogP contribution in [0.2, 0.25) is 0 Å². The molecule has 0 N–H and O–H groups in total. The van der Waals surface area contributed by atoms with E-state index in [0.717, 1.165) is 44.7 Å². The molecule has 0 spiro atoms. The van der Waals surface area contributed by atoms with Crippen molar-refractivity contribution in [2.24, 2.45) is 0 Å². The lowest BCUT2D eigenvalue weighted by molar-refractivity contribution is 0.120. The van der Waals surface area contributed by atoms with Crippen molar-refractivity contribution in [1.29, 1.82) is 0 Å². The molecule has 146 valence electrons. The largest absolute Gasteiger partial charge is 0.513 e. The molecule has 0 aliphatic heterocycles. The van der Waals surface area contributed by atoms with E-state index in [-0.39, 0.29) is 5.92 Å². The number of carbonyl (C=O) groups excluding carboxylic acids is 1. The van der Waals surface area contributed by atoms with Crippen molar-refractivity contribution in [2.45, 2.75) is 47.0 Å². The number of aryl methyl sites for hydroxylation is 2. The number of carbonyl (C=O) groups is 1. The van der Waals surface area contributed by atoms with E-state index >= 15 is 0 Å². The zero-order valence-electron chi connectivity index (χ0n) is 17.3. The van der Waals surface area contributed by atoms with Gasteiger partial charge in [0, 0.05) is 34.3 Å². The fourth-order valence-electron chi connectivity index (χ4n) is 3.33. The summed E-state index contributed by atoms with van der Waals surface area (Å²) in [6.07, 6.45) is -0.125. The third-order valence-corrected chi connectivity index (χ3v) is 4.93. The number of benzene rings is 1. The molecule has 0 aliphatic carbocycles. The first kappa shape index (κ1) is 19.8. The maximum atomic E-state index is 11.9. The molecule has 2 aromatic heterocycles. The van der Waals surface area contributed by atoms with Crippen LogP contribution in [0.5, 0.6) is 5.75 Å². The number of hydrogen-bond acceptors (Lipinski definition) is 5. The van der Waals surface area contributed by atoms with E-state index in [1.807, 2.05) is 26.8 Å². The second-order valence-electron chi connectivity index (χ2n) is 7.38. The number of methoxy groups -OCH3 is 1. The SMILES string of the molecule is COC(=O)Oc1c(C)c(C)nc(C(C)C)c1Cc1ccc2ccc(C)nc2c1. The topological polar surface area (TPSA) is 61.3 Å². The number of aromatic nitrogens is 2. The summed E-state index contributed by atoms with van der Waals surface area (Å²) < 4.78 is 10.3. The maximum absolute atomic E-state index is 11.9. The van der Waals surface area contributed by atoms with Crippen molar-refractivity contribution in [1.82, 2.24) is 9.97 Å². The van der Waals surface area contributed by atoms with Crippen molar-refractivity contribution < 1.29 is 14.3 Å². The summed E-state index contributed by atoms with van der Waals surface area (Å²) in [7, 11) is 1.31. The number of pyridine rings is 2. The Hall–Kier alpha value is -2.95. The van der Waals surface area contributed by atoms with Gasteiger partial charge in [0.25, 0.3) is 0 Å². The average molecular weight is 378 g/mol. The fraction of sp³-hybridized carbons (Fsp3) is 0.348. The highest BCUT2D eigenvalue weighted by molar-refractivity contribution is 5.79. The maximum Gasteiger partial charge on any atom is 0.513 e. The normalized spacial score (nSPS) is 11.1. The zero-order chi connectivity index (χ0) is 20.4. The number of hydrogen-bond donors (Lipinski definition) is 0. The van der Waals surface area contributed by atoms with Crippen molar-refractivity contribution in [3.05, 3.63) is 64.1 Å². The first-order valence-electron chi connectivity index (χ1n) is 9.42. The predicted molar refractivity (Wildman–Crippen MR) is 110 cm³/mol. The molecule has 28 heavy (non-hydrogen) atoms. The van der Waals surface area contributed by atoms with Crippen LogP contribution < -0.4 is 4.74 Å². The summed E-state index contributed by atoms with van der Waals surface area (Å²) in [4.78, 5) is 21.3. The van der Waals surface area contributed by atoms with Gasteiger partial charge in [0.2, 0.25) is 0 Å². The molecule has 2 heterocycles. The molecule has 0 aliphatic rings. The van der Waals surface area contributed by atoms with Crippen LogP contribution in [0.15, 0.2) is 30.3 Å². The van der Waals surface area contributed by atoms with Crippen LogP contribution >= 0.6 is 0 Å². The Bertz CT molecular complexity index is 1040. The minimum Gasteiger partial charge on any atom is -0.437 e. The Balaban J connectivity index is 2.13. The minimum absolute atomic E-state index is 0.190. The van der Waals surface area contributed by atoms with E-state index in [0.29, 0.717) is 12.2 Å². The molecular formula is C23H26N2O3. The fourth-order valence-corrected chi connectivity index (χ4v) is 3.33.